The number of non-ortho nitro benzene ring substituents is 1. The lowest BCUT2D eigenvalue weighted by molar-refractivity contribution is -0.394. The van der Waals surface area contributed by atoms with Crippen LogP contribution in [0.5, 0.6) is 5.75 Å². The van der Waals surface area contributed by atoms with Crippen molar-refractivity contribution in [2.24, 2.45) is 0 Å². The van der Waals surface area contributed by atoms with Gasteiger partial charge in [0, 0.05) is 6.07 Å². The van der Waals surface area contributed by atoms with Crippen LogP contribution in [0, 0.1) is 20.2 Å². The molecule has 0 bridgehead atoms. The molecule has 0 fully saturated rings. The summed E-state index contributed by atoms with van der Waals surface area (Å²) in [5.41, 5.74) is 4.59. The third-order valence-electron chi connectivity index (χ3n) is 3.76. The number of carbonyl (C=O) groups excluding carboxylic acids is 1. The van der Waals surface area contributed by atoms with E-state index in [9.17, 15) is 30.1 Å². The molecule has 0 aliphatic rings. The van der Waals surface area contributed by atoms with Crippen molar-refractivity contribution in [3.63, 3.8) is 0 Å². The Labute approximate surface area is 153 Å². The van der Waals surface area contributed by atoms with Crippen molar-refractivity contribution in [1.82, 2.24) is 10.9 Å². The Morgan fingerprint density at radius 3 is 2.26 bits per heavy atom. The van der Waals surface area contributed by atoms with Gasteiger partial charge in [0.25, 0.3) is 11.6 Å². The number of hydrogen-bond acceptors (Lipinski definition) is 7. The number of aromatic hydroxyl groups is 1. The molecule has 2 aromatic rings. The number of hydrogen-bond donors (Lipinski definition) is 3. The van der Waals surface area contributed by atoms with E-state index in [1.165, 1.54) is 0 Å². The van der Waals surface area contributed by atoms with Crippen molar-refractivity contribution in [3.05, 3.63) is 79.9 Å². The smallest absolute Gasteiger partial charge is 0.318 e. The van der Waals surface area contributed by atoms with E-state index in [4.69, 9.17) is 0 Å². The monoisotopic (exact) mass is 372 g/mol. The van der Waals surface area contributed by atoms with Crippen molar-refractivity contribution in [1.29, 1.82) is 0 Å². The van der Waals surface area contributed by atoms with E-state index >= 15 is 0 Å². The number of nitrogens with one attached hydrogen (secondary N) is 2. The molecule has 27 heavy (non-hydrogen) atoms. The van der Waals surface area contributed by atoms with Gasteiger partial charge in [-0.25, -0.2) is 0 Å². The fraction of sp³-hybridized carbons (Fsp3) is 0.118. The summed E-state index contributed by atoms with van der Waals surface area (Å²) in [6.07, 6.45) is 0.863. The van der Waals surface area contributed by atoms with Crippen molar-refractivity contribution < 1.29 is 19.7 Å². The molecule has 10 nitrogen and oxygen atoms in total. The standard InChI is InChI=1S/C17H16N4O6/c1-3-11-4-6-12(7-5-11)10(2)18-19-17(23)14-8-13(20(24)25)9-15(16(14)22)21(26)27/h4-9,18,22H,2-3H2,1H3,(H,19,23). The van der Waals surface area contributed by atoms with E-state index in [1.807, 2.05) is 19.1 Å². The van der Waals surface area contributed by atoms with Gasteiger partial charge < -0.3 is 5.11 Å². The van der Waals surface area contributed by atoms with E-state index < -0.39 is 38.4 Å². The predicted molar refractivity (Wildman–Crippen MR) is 96.9 cm³/mol. The highest BCUT2D eigenvalue weighted by molar-refractivity contribution is 5.99. The first-order valence-corrected chi connectivity index (χ1v) is 7.75. The summed E-state index contributed by atoms with van der Waals surface area (Å²) in [4.78, 5) is 32.2. The summed E-state index contributed by atoms with van der Waals surface area (Å²) in [7, 11) is 0. The van der Waals surface area contributed by atoms with E-state index in [0.29, 0.717) is 17.3 Å². The number of nitro groups is 2. The number of phenols is 1. The Hall–Kier alpha value is -3.95. The molecule has 2 rings (SSSR count). The first kappa shape index (κ1) is 19.4. The molecule has 1 amide bonds. The predicted octanol–water partition coefficient (Wildman–Crippen LogP) is 2.68. The van der Waals surface area contributed by atoms with Crippen molar-refractivity contribution in [2.75, 3.05) is 0 Å². The van der Waals surface area contributed by atoms with Gasteiger partial charge in [0.1, 0.15) is 0 Å². The van der Waals surface area contributed by atoms with Crippen LogP contribution < -0.4 is 10.9 Å². The third kappa shape index (κ3) is 4.37. The first-order valence-electron chi connectivity index (χ1n) is 7.75. The topological polar surface area (TPSA) is 148 Å². The molecular formula is C17H16N4O6. The molecule has 10 heteroatoms. The molecule has 2 aromatic carbocycles. The SMILES string of the molecule is C=C(NNC(=O)c1cc([N+](=O)[O-])cc([N+](=O)[O-])c1O)c1ccc(CC)cc1. The fourth-order valence-corrected chi connectivity index (χ4v) is 2.24. The zero-order valence-corrected chi connectivity index (χ0v) is 14.3. The number of benzene rings is 2. The average Bonchev–Trinajstić information content (AvgIpc) is 2.65. The first-order chi connectivity index (χ1) is 12.7. The Morgan fingerprint density at radius 1 is 1.11 bits per heavy atom. The van der Waals surface area contributed by atoms with Crippen LogP contribution in [-0.4, -0.2) is 20.9 Å². The number of rotatable bonds is 7. The highest BCUT2D eigenvalue weighted by Crippen LogP contribution is 2.34. The summed E-state index contributed by atoms with van der Waals surface area (Å²) in [6, 6.07) is 8.68. The highest BCUT2D eigenvalue weighted by atomic mass is 16.6. The van der Waals surface area contributed by atoms with Crippen LogP contribution in [-0.2, 0) is 6.42 Å². The second-order valence-corrected chi connectivity index (χ2v) is 5.48. The summed E-state index contributed by atoms with van der Waals surface area (Å²) >= 11 is 0. The molecule has 0 saturated heterocycles. The van der Waals surface area contributed by atoms with Crippen LogP contribution in [0.25, 0.3) is 5.70 Å². The van der Waals surface area contributed by atoms with Crippen molar-refractivity contribution in [2.45, 2.75) is 13.3 Å². The number of hydrazine groups is 1. The zero-order chi connectivity index (χ0) is 20.1. The summed E-state index contributed by atoms with van der Waals surface area (Å²) < 4.78 is 0. The normalized spacial score (nSPS) is 10.1. The number of nitro benzene ring substituents is 2. The maximum Gasteiger partial charge on any atom is 0.318 e. The lowest BCUT2D eigenvalue weighted by atomic mass is 10.1. The molecule has 0 atom stereocenters. The van der Waals surface area contributed by atoms with Crippen LogP contribution in [0.1, 0.15) is 28.4 Å². The molecule has 0 radical (unpaired) electrons. The summed E-state index contributed by atoms with van der Waals surface area (Å²) in [6.45, 7) is 5.76. The molecule has 0 unspecified atom stereocenters. The molecule has 0 aliphatic carbocycles. The van der Waals surface area contributed by atoms with Crippen LogP contribution in [0.2, 0.25) is 0 Å². The van der Waals surface area contributed by atoms with Gasteiger partial charge in [-0.2, -0.15) is 0 Å². The summed E-state index contributed by atoms with van der Waals surface area (Å²) in [5, 5.41) is 31.7. The number of carbonyl (C=O) groups is 1. The van der Waals surface area contributed by atoms with Crippen molar-refractivity contribution in [3.8, 4) is 5.75 Å². The van der Waals surface area contributed by atoms with Gasteiger partial charge in [0.15, 0.2) is 0 Å². The van der Waals surface area contributed by atoms with Crippen molar-refractivity contribution >= 4 is 23.0 Å². The van der Waals surface area contributed by atoms with Gasteiger partial charge in [-0.1, -0.05) is 37.8 Å². The fourth-order valence-electron chi connectivity index (χ4n) is 2.24. The van der Waals surface area contributed by atoms with Gasteiger partial charge in [-0.05, 0) is 17.5 Å². The minimum absolute atomic E-state index is 0.324. The molecule has 140 valence electrons. The van der Waals surface area contributed by atoms with E-state index in [-0.39, 0.29) is 0 Å². The van der Waals surface area contributed by atoms with Crippen LogP contribution in [0.3, 0.4) is 0 Å². The Balaban J connectivity index is 2.20. The number of nitrogens with zero attached hydrogens (tertiary/aromatic N) is 2. The second kappa shape index (κ2) is 7.95. The average molecular weight is 372 g/mol. The van der Waals surface area contributed by atoms with Crippen LogP contribution in [0.15, 0.2) is 43.0 Å². The molecule has 0 heterocycles. The molecule has 0 aromatic heterocycles. The largest absolute Gasteiger partial charge is 0.502 e. The molecule has 0 aliphatic heterocycles. The number of amides is 1. The van der Waals surface area contributed by atoms with E-state index in [1.54, 1.807) is 12.1 Å². The Morgan fingerprint density at radius 2 is 1.74 bits per heavy atom. The van der Waals surface area contributed by atoms with Gasteiger partial charge in [-0.3, -0.25) is 35.9 Å². The lowest BCUT2D eigenvalue weighted by Crippen LogP contribution is -2.36. The molecular weight excluding hydrogens is 356 g/mol. The second-order valence-electron chi connectivity index (χ2n) is 5.48. The van der Waals surface area contributed by atoms with E-state index in [2.05, 4.69) is 17.4 Å². The van der Waals surface area contributed by atoms with E-state index in [0.717, 1.165) is 18.1 Å². The molecule has 0 spiro atoms. The maximum absolute atomic E-state index is 12.2. The molecule has 3 N–H and O–H groups in total. The quantitative estimate of drug-likeness (QED) is 0.500. The van der Waals surface area contributed by atoms with Gasteiger partial charge in [-0.15, -0.1) is 0 Å². The van der Waals surface area contributed by atoms with Gasteiger partial charge in [0.05, 0.1) is 27.2 Å². The molecule has 0 saturated carbocycles. The Kier molecular flexibility index (Phi) is 5.71. The van der Waals surface area contributed by atoms with Gasteiger partial charge in [0.2, 0.25) is 5.75 Å². The Bertz CT molecular complexity index is 924. The maximum atomic E-state index is 12.2. The number of aryl methyl sites for hydroxylation is 1. The number of phenolic OH excluding ortho intramolecular Hbond substituents is 1. The lowest BCUT2D eigenvalue weighted by Gasteiger charge is -2.12. The van der Waals surface area contributed by atoms with Gasteiger partial charge >= 0.3 is 5.69 Å². The van der Waals surface area contributed by atoms with Crippen LogP contribution in [0.4, 0.5) is 11.4 Å². The summed E-state index contributed by atoms with van der Waals surface area (Å²) in [5.74, 6) is -1.96. The third-order valence-corrected chi connectivity index (χ3v) is 3.76. The zero-order valence-electron chi connectivity index (χ0n) is 14.3. The van der Waals surface area contributed by atoms with Crippen LogP contribution >= 0.6 is 0 Å². The minimum Gasteiger partial charge on any atom is -0.502 e. The minimum atomic E-state index is -1.01. The highest BCUT2D eigenvalue weighted by Gasteiger charge is 2.27.